The van der Waals surface area contributed by atoms with Crippen LogP contribution >= 0.6 is 15.9 Å². The molecule has 0 aliphatic heterocycles. The highest BCUT2D eigenvalue weighted by Gasteiger charge is 2.09. The van der Waals surface area contributed by atoms with E-state index < -0.39 is 18.5 Å². The standard InChI is InChI=1S/C17H13BrN2O4/c18-13-2-1-3-15(8-13)23-11-17(22)24-10-16(21)20-14-6-4-12(9-19)5-7-14/h1-8H,10-11H2,(H,20,21). The molecule has 0 atom stereocenters. The molecule has 0 spiro atoms. The summed E-state index contributed by atoms with van der Waals surface area (Å²) in [6, 6.07) is 15.3. The molecule has 0 fully saturated rings. The van der Waals surface area contributed by atoms with Crippen molar-refractivity contribution in [3.05, 3.63) is 58.6 Å². The molecule has 0 saturated carbocycles. The highest BCUT2D eigenvalue weighted by atomic mass is 79.9. The zero-order valence-electron chi connectivity index (χ0n) is 12.5. The first-order chi connectivity index (χ1) is 11.6. The van der Waals surface area contributed by atoms with Crippen LogP contribution in [0.5, 0.6) is 5.75 Å². The predicted molar refractivity (Wildman–Crippen MR) is 90.4 cm³/mol. The molecule has 6 nitrogen and oxygen atoms in total. The Labute approximate surface area is 147 Å². The first-order valence-corrected chi connectivity index (χ1v) is 7.70. The fourth-order valence-corrected chi connectivity index (χ4v) is 2.09. The van der Waals surface area contributed by atoms with Crippen molar-refractivity contribution in [1.82, 2.24) is 0 Å². The van der Waals surface area contributed by atoms with Crippen molar-refractivity contribution in [3.8, 4) is 11.8 Å². The largest absolute Gasteiger partial charge is 0.482 e. The second kappa shape index (κ2) is 8.70. The van der Waals surface area contributed by atoms with E-state index in [0.717, 1.165) is 4.47 Å². The van der Waals surface area contributed by atoms with Crippen LogP contribution in [-0.4, -0.2) is 25.1 Å². The molecule has 0 bridgehead atoms. The fourth-order valence-electron chi connectivity index (χ4n) is 1.71. The number of ether oxygens (including phenoxy) is 2. The minimum Gasteiger partial charge on any atom is -0.482 e. The van der Waals surface area contributed by atoms with Crippen LogP contribution in [0.3, 0.4) is 0 Å². The van der Waals surface area contributed by atoms with Crippen LogP contribution in [0.25, 0.3) is 0 Å². The predicted octanol–water partition coefficient (Wildman–Crippen LogP) is 2.88. The maximum absolute atomic E-state index is 11.7. The molecule has 0 aromatic heterocycles. The lowest BCUT2D eigenvalue weighted by Gasteiger charge is -2.08. The van der Waals surface area contributed by atoms with E-state index in [1.807, 2.05) is 12.1 Å². The molecule has 0 aliphatic rings. The Balaban J connectivity index is 1.72. The molecular weight excluding hydrogens is 376 g/mol. The first kappa shape index (κ1) is 17.5. The number of nitrogens with zero attached hydrogens (tertiary/aromatic N) is 1. The average molecular weight is 389 g/mol. The lowest BCUT2D eigenvalue weighted by atomic mass is 10.2. The molecule has 0 radical (unpaired) electrons. The van der Waals surface area contributed by atoms with Gasteiger partial charge in [-0.1, -0.05) is 22.0 Å². The van der Waals surface area contributed by atoms with Crippen LogP contribution in [0, 0.1) is 11.3 Å². The summed E-state index contributed by atoms with van der Waals surface area (Å²) in [6.07, 6.45) is 0. The van der Waals surface area contributed by atoms with Crippen LogP contribution in [0.1, 0.15) is 5.56 Å². The van der Waals surface area contributed by atoms with Gasteiger partial charge in [-0.3, -0.25) is 4.79 Å². The second-order valence-corrected chi connectivity index (χ2v) is 5.56. The van der Waals surface area contributed by atoms with Crippen molar-refractivity contribution in [2.45, 2.75) is 0 Å². The lowest BCUT2D eigenvalue weighted by molar-refractivity contribution is -0.149. The van der Waals surface area contributed by atoms with Crippen molar-refractivity contribution in [3.63, 3.8) is 0 Å². The topological polar surface area (TPSA) is 88.4 Å². The number of nitrogens with one attached hydrogen (secondary N) is 1. The van der Waals surface area contributed by atoms with Crippen LogP contribution in [0.15, 0.2) is 53.0 Å². The minimum absolute atomic E-state index is 0.291. The van der Waals surface area contributed by atoms with Gasteiger partial charge < -0.3 is 14.8 Å². The normalized spacial score (nSPS) is 9.67. The number of hydrogen-bond acceptors (Lipinski definition) is 5. The highest BCUT2D eigenvalue weighted by molar-refractivity contribution is 9.10. The molecule has 24 heavy (non-hydrogen) atoms. The van der Waals surface area contributed by atoms with Crippen molar-refractivity contribution in [2.24, 2.45) is 0 Å². The average Bonchev–Trinajstić information content (AvgIpc) is 2.59. The van der Waals surface area contributed by atoms with E-state index in [-0.39, 0.29) is 6.61 Å². The van der Waals surface area contributed by atoms with E-state index in [2.05, 4.69) is 21.2 Å². The summed E-state index contributed by atoms with van der Waals surface area (Å²) in [5.41, 5.74) is 1.00. The minimum atomic E-state index is -0.648. The van der Waals surface area contributed by atoms with Gasteiger partial charge in [-0.15, -0.1) is 0 Å². The summed E-state index contributed by atoms with van der Waals surface area (Å²) in [4.78, 5) is 23.3. The Morgan fingerprint density at radius 1 is 1.12 bits per heavy atom. The van der Waals surface area contributed by atoms with E-state index in [9.17, 15) is 9.59 Å². The number of anilines is 1. The summed E-state index contributed by atoms with van der Waals surface area (Å²) < 4.78 is 10.9. The molecule has 0 heterocycles. The summed E-state index contributed by atoms with van der Waals surface area (Å²) >= 11 is 3.29. The molecule has 2 aromatic rings. The van der Waals surface area contributed by atoms with Gasteiger partial charge >= 0.3 is 5.97 Å². The first-order valence-electron chi connectivity index (χ1n) is 6.91. The molecule has 122 valence electrons. The number of nitriles is 1. The fraction of sp³-hybridized carbons (Fsp3) is 0.118. The van der Waals surface area contributed by atoms with Gasteiger partial charge in [0.2, 0.25) is 0 Å². The smallest absolute Gasteiger partial charge is 0.344 e. The van der Waals surface area contributed by atoms with Crippen molar-refractivity contribution >= 4 is 33.5 Å². The Kier molecular flexibility index (Phi) is 6.34. The number of amides is 1. The summed E-state index contributed by atoms with van der Waals surface area (Å²) in [6.45, 7) is -0.707. The zero-order chi connectivity index (χ0) is 17.4. The number of carbonyl (C=O) groups is 2. The van der Waals surface area contributed by atoms with Crippen molar-refractivity contribution in [1.29, 1.82) is 5.26 Å². The maximum Gasteiger partial charge on any atom is 0.344 e. The number of hydrogen-bond donors (Lipinski definition) is 1. The third kappa shape index (κ3) is 5.74. The number of carbonyl (C=O) groups excluding carboxylic acids is 2. The van der Waals surface area contributed by atoms with Gasteiger partial charge in [-0.25, -0.2) is 4.79 Å². The summed E-state index contributed by atoms with van der Waals surface area (Å²) in [5, 5.41) is 11.3. The van der Waals surface area contributed by atoms with Crippen molar-refractivity contribution < 1.29 is 19.1 Å². The number of rotatable bonds is 6. The molecule has 1 N–H and O–H groups in total. The highest BCUT2D eigenvalue weighted by Crippen LogP contribution is 2.17. The SMILES string of the molecule is N#Cc1ccc(NC(=O)COC(=O)COc2cccc(Br)c2)cc1. The molecule has 7 heteroatoms. The van der Waals surface area contributed by atoms with E-state index in [1.165, 1.54) is 0 Å². The van der Waals surface area contributed by atoms with E-state index in [1.54, 1.807) is 42.5 Å². The Morgan fingerprint density at radius 3 is 2.54 bits per heavy atom. The van der Waals surface area contributed by atoms with Gasteiger partial charge in [-0.05, 0) is 42.5 Å². The number of esters is 1. The molecule has 0 saturated heterocycles. The number of benzene rings is 2. The zero-order valence-corrected chi connectivity index (χ0v) is 14.1. The van der Waals surface area contributed by atoms with Gasteiger partial charge in [0.25, 0.3) is 5.91 Å². The van der Waals surface area contributed by atoms with Gasteiger partial charge in [0.15, 0.2) is 13.2 Å². The van der Waals surface area contributed by atoms with Crippen LogP contribution in [0.2, 0.25) is 0 Å². The Morgan fingerprint density at radius 2 is 1.88 bits per heavy atom. The lowest BCUT2D eigenvalue weighted by Crippen LogP contribution is -2.23. The number of halogens is 1. The molecule has 2 aromatic carbocycles. The molecule has 2 rings (SSSR count). The quantitative estimate of drug-likeness (QED) is 0.768. The third-order valence-corrected chi connectivity index (χ3v) is 3.31. The second-order valence-electron chi connectivity index (χ2n) is 4.64. The monoisotopic (exact) mass is 388 g/mol. The maximum atomic E-state index is 11.7. The van der Waals surface area contributed by atoms with Gasteiger partial charge in [0.05, 0.1) is 11.6 Å². The van der Waals surface area contributed by atoms with E-state index >= 15 is 0 Å². The van der Waals surface area contributed by atoms with E-state index in [4.69, 9.17) is 14.7 Å². The summed E-state index contributed by atoms with van der Waals surface area (Å²) in [7, 11) is 0. The molecule has 0 aliphatic carbocycles. The summed E-state index contributed by atoms with van der Waals surface area (Å²) in [5.74, 6) is -0.608. The van der Waals surface area contributed by atoms with Crippen molar-refractivity contribution in [2.75, 3.05) is 18.5 Å². The van der Waals surface area contributed by atoms with Gasteiger partial charge in [0, 0.05) is 10.2 Å². The molecular formula is C17H13BrN2O4. The third-order valence-electron chi connectivity index (χ3n) is 2.81. The Hall–Kier alpha value is -2.85. The van der Waals surface area contributed by atoms with Crippen LogP contribution in [0.4, 0.5) is 5.69 Å². The van der Waals surface area contributed by atoms with Crippen LogP contribution in [-0.2, 0) is 14.3 Å². The van der Waals surface area contributed by atoms with Gasteiger partial charge in [-0.2, -0.15) is 5.26 Å². The van der Waals surface area contributed by atoms with E-state index in [0.29, 0.717) is 17.0 Å². The molecule has 1 amide bonds. The van der Waals surface area contributed by atoms with Gasteiger partial charge in [0.1, 0.15) is 5.75 Å². The Bertz CT molecular complexity index is 769. The molecule has 0 unspecified atom stereocenters. The van der Waals surface area contributed by atoms with Crippen LogP contribution < -0.4 is 10.1 Å².